The number of H-pyrrole nitrogens is 1. The first-order valence-electron chi connectivity index (χ1n) is 10.7. The van der Waals surface area contributed by atoms with Crippen molar-refractivity contribution >= 4 is 10.0 Å². The van der Waals surface area contributed by atoms with Gasteiger partial charge in [0.25, 0.3) is 5.56 Å². The number of hydrogen-bond acceptors (Lipinski definition) is 4. The fraction of sp³-hybridized carbons (Fsp3) is 0.333. The van der Waals surface area contributed by atoms with E-state index < -0.39 is 10.0 Å². The van der Waals surface area contributed by atoms with Crippen molar-refractivity contribution < 1.29 is 8.42 Å². The van der Waals surface area contributed by atoms with Crippen LogP contribution in [0.15, 0.2) is 52.2 Å². The molecule has 6 nitrogen and oxygen atoms in total. The van der Waals surface area contributed by atoms with Crippen LogP contribution in [0.4, 0.5) is 0 Å². The third-order valence-electron chi connectivity index (χ3n) is 5.89. The van der Waals surface area contributed by atoms with Crippen LogP contribution in [0.2, 0.25) is 0 Å². The summed E-state index contributed by atoms with van der Waals surface area (Å²) in [6.07, 6.45) is 4.10. The lowest BCUT2D eigenvalue weighted by molar-refractivity contribution is 0.580. The highest BCUT2D eigenvalue weighted by atomic mass is 32.2. The van der Waals surface area contributed by atoms with Crippen LogP contribution in [0, 0.1) is 6.92 Å². The van der Waals surface area contributed by atoms with Gasteiger partial charge in [-0.15, -0.1) is 0 Å². The monoisotopic (exact) mass is 437 g/mol. The third-order valence-corrected chi connectivity index (χ3v) is 7.38. The molecule has 0 saturated heterocycles. The van der Waals surface area contributed by atoms with Crippen LogP contribution in [0.5, 0.6) is 0 Å². The van der Waals surface area contributed by atoms with Crippen LogP contribution >= 0.6 is 0 Å². The van der Waals surface area contributed by atoms with E-state index >= 15 is 0 Å². The van der Waals surface area contributed by atoms with Gasteiger partial charge in [-0.05, 0) is 61.8 Å². The number of nitrogens with zero attached hydrogens (tertiary/aromatic N) is 1. The highest BCUT2D eigenvalue weighted by Gasteiger charge is 2.22. The molecule has 1 aromatic heterocycles. The molecule has 0 aliphatic heterocycles. The second-order valence-electron chi connectivity index (χ2n) is 8.05. The maximum absolute atomic E-state index is 13.2. The fourth-order valence-electron chi connectivity index (χ4n) is 4.10. The SMILES string of the molecule is CCc1ccc(-c2n[nH]c(=O)c3c2CCCC3)cc1S(=O)(=O)NCc1ccc(C)cc1. The van der Waals surface area contributed by atoms with Crippen molar-refractivity contribution in [2.75, 3.05) is 0 Å². The lowest BCUT2D eigenvalue weighted by atomic mass is 9.89. The number of aryl methyl sites for hydroxylation is 2. The number of hydrogen-bond donors (Lipinski definition) is 2. The summed E-state index contributed by atoms with van der Waals surface area (Å²) in [5, 5.41) is 6.88. The van der Waals surface area contributed by atoms with Crippen molar-refractivity contribution in [2.24, 2.45) is 0 Å². The first-order valence-corrected chi connectivity index (χ1v) is 12.2. The zero-order valence-corrected chi connectivity index (χ0v) is 18.7. The van der Waals surface area contributed by atoms with E-state index in [9.17, 15) is 13.2 Å². The van der Waals surface area contributed by atoms with E-state index in [-0.39, 0.29) is 17.0 Å². The number of sulfonamides is 1. The van der Waals surface area contributed by atoms with Crippen LogP contribution in [0.25, 0.3) is 11.3 Å². The lowest BCUT2D eigenvalue weighted by Crippen LogP contribution is -2.24. The van der Waals surface area contributed by atoms with E-state index in [2.05, 4.69) is 14.9 Å². The molecule has 1 aliphatic rings. The molecule has 0 bridgehead atoms. The summed E-state index contributed by atoms with van der Waals surface area (Å²) in [7, 11) is -3.72. The van der Waals surface area contributed by atoms with Crippen molar-refractivity contribution in [3.8, 4) is 11.3 Å². The lowest BCUT2D eigenvalue weighted by Gasteiger charge is -2.18. The summed E-state index contributed by atoms with van der Waals surface area (Å²) in [5.74, 6) is 0. The molecule has 1 aliphatic carbocycles. The summed E-state index contributed by atoms with van der Waals surface area (Å²) < 4.78 is 29.1. The van der Waals surface area contributed by atoms with Crippen LogP contribution in [-0.4, -0.2) is 18.6 Å². The first kappa shape index (κ1) is 21.5. The predicted octanol–water partition coefficient (Wildman–Crippen LogP) is 3.67. The van der Waals surface area contributed by atoms with Crippen LogP contribution < -0.4 is 10.3 Å². The van der Waals surface area contributed by atoms with Crippen LogP contribution in [0.3, 0.4) is 0 Å². The number of nitrogens with one attached hydrogen (secondary N) is 2. The summed E-state index contributed by atoms with van der Waals surface area (Å²) in [4.78, 5) is 12.5. The van der Waals surface area contributed by atoms with Gasteiger partial charge in [0.05, 0.1) is 10.6 Å². The highest BCUT2D eigenvalue weighted by Crippen LogP contribution is 2.30. The zero-order valence-electron chi connectivity index (χ0n) is 17.9. The minimum atomic E-state index is -3.72. The fourth-order valence-corrected chi connectivity index (χ4v) is 5.46. The number of fused-ring (bicyclic) bond motifs is 1. The maximum Gasteiger partial charge on any atom is 0.267 e. The topological polar surface area (TPSA) is 91.9 Å². The largest absolute Gasteiger partial charge is 0.268 e. The molecule has 0 radical (unpaired) electrons. The molecule has 1 heterocycles. The molecule has 2 N–H and O–H groups in total. The van der Waals surface area contributed by atoms with Crippen molar-refractivity contribution in [1.82, 2.24) is 14.9 Å². The Morgan fingerprint density at radius 1 is 1.03 bits per heavy atom. The van der Waals surface area contributed by atoms with E-state index in [1.807, 2.05) is 50.2 Å². The molecule has 2 aromatic carbocycles. The van der Waals surface area contributed by atoms with E-state index in [4.69, 9.17) is 0 Å². The Hall–Kier alpha value is -2.77. The Kier molecular flexibility index (Phi) is 6.07. The number of rotatable bonds is 6. The first-order chi connectivity index (χ1) is 14.9. The minimum Gasteiger partial charge on any atom is -0.268 e. The predicted molar refractivity (Wildman–Crippen MR) is 122 cm³/mol. The number of aromatic nitrogens is 2. The van der Waals surface area contributed by atoms with Crippen LogP contribution in [-0.2, 0) is 35.8 Å². The Balaban J connectivity index is 1.71. The standard InChI is InChI=1S/C24H27N3O3S/c1-3-18-12-13-19(23-20-6-4-5-7-21(20)24(28)27-26-23)14-22(18)31(29,30)25-15-17-10-8-16(2)9-11-17/h8-14,25H,3-7,15H2,1-2H3,(H,27,28). The van der Waals surface area contributed by atoms with Crippen molar-refractivity contribution in [1.29, 1.82) is 0 Å². The Labute approximate surface area is 182 Å². The molecule has 4 rings (SSSR count). The average Bonchev–Trinajstić information content (AvgIpc) is 2.79. The Morgan fingerprint density at radius 2 is 1.74 bits per heavy atom. The van der Waals surface area contributed by atoms with Crippen molar-refractivity contribution in [3.63, 3.8) is 0 Å². The third kappa shape index (κ3) is 4.48. The molecule has 0 atom stereocenters. The van der Waals surface area contributed by atoms with Gasteiger partial charge in [0.1, 0.15) is 0 Å². The van der Waals surface area contributed by atoms with E-state index in [1.54, 1.807) is 6.07 Å². The molecule has 0 spiro atoms. The Morgan fingerprint density at radius 3 is 2.45 bits per heavy atom. The molecular weight excluding hydrogens is 410 g/mol. The van der Waals surface area contributed by atoms with Gasteiger partial charge in [-0.25, -0.2) is 18.2 Å². The number of benzene rings is 2. The molecule has 0 fully saturated rings. The summed E-state index contributed by atoms with van der Waals surface area (Å²) in [6, 6.07) is 13.2. The van der Waals surface area contributed by atoms with Gasteiger partial charge in [0.2, 0.25) is 10.0 Å². The van der Waals surface area contributed by atoms with E-state index in [0.717, 1.165) is 53.5 Å². The molecule has 3 aromatic rings. The summed E-state index contributed by atoms with van der Waals surface area (Å²) >= 11 is 0. The van der Waals surface area contributed by atoms with Crippen LogP contribution in [0.1, 0.15) is 47.6 Å². The molecule has 0 unspecified atom stereocenters. The van der Waals surface area contributed by atoms with Gasteiger partial charge in [-0.2, -0.15) is 5.10 Å². The number of aromatic amines is 1. The average molecular weight is 438 g/mol. The quantitative estimate of drug-likeness (QED) is 0.616. The molecule has 31 heavy (non-hydrogen) atoms. The molecule has 7 heteroatoms. The van der Waals surface area contributed by atoms with Gasteiger partial charge < -0.3 is 0 Å². The summed E-state index contributed by atoms with van der Waals surface area (Å²) in [5.41, 5.74) is 5.74. The molecule has 162 valence electrons. The smallest absolute Gasteiger partial charge is 0.267 e. The zero-order chi connectivity index (χ0) is 22.0. The summed E-state index contributed by atoms with van der Waals surface area (Å²) in [6.45, 7) is 4.16. The van der Waals surface area contributed by atoms with Gasteiger partial charge in [-0.1, -0.05) is 48.9 Å². The Bertz CT molecular complexity index is 1260. The van der Waals surface area contributed by atoms with Gasteiger partial charge in [-0.3, -0.25) is 4.79 Å². The second kappa shape index (κ2) is 8.77. The van der Waals surface area contributed by atoms with Gasteiger partial charge in [0.15, 0.2) is 0 Å². The normalized spacial score (nSPS) is 13.7. The molecule has 0 amide bonds. The van der Waals surface area contributed by atoms with Gasteiger partial charge >= 0.3 is 0 Å². The second-order valence-corrected chi connectivity index (χ2v) is 9.79. The molecular formula is C24H27N3O3S. The maximum atomic E-state index is 13.2. The minimum absolute atomic E-state index is 0.142. The van der Waals surface area contributed by atoms with E-state index in [0.29, 0.717) is 17.7 Å². The van der Waals surface area contributed by atoms with Gasteiger partial charge in [0, 0.05) is 17.7 Å². The molecule has 0 saturated carbocycles. The highest BCUT2D eigenvalue weighted by molar-refractivity contribution is 7.89. The van der Waals surface area contributed by atoms with Crippen molar-refractivity contribution in [2.45, 2.75) is 57.4 Å². The van der Waals surface area contributed by atoms with E-state index in [1.165, 1.54) is 0 Å². The van der Waals surface area contributed by atoms with Crippen molar-refractivity contribution in [3.05, 3.63) is 80.6 Å².